The molecule has 3 aliphatic rings. The van der Waals surface area contributed by atoms with E-state index in [0.29, 0.717) is 5.41 Å². The highest BCUT2D eigenvalue weighted by Gasteiger charge is 2.58. The molecule has 1 nitrogen and oxygen atoms in total. The lowest BCUT2D eigenvalue weighted by Gasteiger charge is -2.12. The fraction of sp³-hybridized carbons (Fsp3) is 0.600. The second kappa shape index (κ2) is 3.32. The molecule has 17 heavy (non-hydrogen) atoms. The molecule has 1 spiro atoms. The summed E-state index contributed by atoms with van der Waals surface area (Å²) < 4.78 is 13.7. The van der Waals surface area contributed by atoms with E-state index in [1.807, 2.05) is 6.07 Å². The van der Waals surface area contributed by atoms with Crippen molar-refractivity contribution in [1.29, 1.82) is 0 Å². The Labute approximate surface area is 101 Å². The fourth-order valence-corrected chi connectivity index (χ4v) is 3.64. The van der Waals surface area contributed by atoms with E-state index in [0.717, 1.165) is 30.5 Å². The van der Waals surface area contributed by atoms with E-state index in [2.05, 4.69) is 11.4 Å². The monoisotopic (exact) mass is 231 g/mol. The summed E-state index contributed by atoms with van der Waals surface area (Å²) in [4.78, 5) is 0. The van der Waals surface area contributed by atoms with Gasteiger partial charge in [-0.15, -0.1) is 0 Å². The van der Waals surface area contributed by atoms with Crippen LogP contribution in [0.25, 0.3) is 0 Å². The van der Waals surface area contributed by atoms with Crippen molar-refractivity contribution >= 4 is 0 Å². The minimum absolute atomic E-state index is 0.0141. The van der Waals surface area contributed by atoms with E-state index in [1.165, 1.54) is 31.2 Å². The largest absolute Gasteiger partial charge is 0.314 e. The highest BCUT2D eigenvalue weighted by molar-refractivity contribution is 5.45. The van der Waals surface area contributed by atoms with Crippen LogP contribution < -0.4 is 5.32 Å². The fourth-order valence-electron chi connectivity index (χ4n) is 3.64. The second-order valence-corrected chi connectivity index (χ2v) is 6.01. The number of rotatable bonds is 3. The van der Waals surface area contributed by atoms with Crippen LogP contribution in [0.1, 0.15) is 36.8 Å². The molecule has 2 fully saturated rings. The van der Waals surface area contributed by atoms with Crippen molar-refractivity contribution in [2.24, 2.45) is 5.92 Å². The minimum atomic E-state index is 0.0141. The van der Waals surface area contributed by atoms with E-state index in [9.17, 15) is 4.39 Å². The van der Waals surface area contributed by atoms with Crippen LogP contribution >= 0.6 is 0 Å². The summed E-state index contributed by atoms with van der Waals surface area (Å²) in [6, 6.07) is 6.44. The molecule has 2 heteroatoms. The third-order valence-corrected chi connectivity index (χ3v) is 4.94. The number of halogens is 1. The molecule has 0 aromatic heterocycles. The number of nitrogens with one attached hydrogen (secondary N) is 1. The molecule has 0 aliphatic heterocycles. The molecule has 0 amide bonds. The van der Waals surface area contributed by atoms with Gasteiger partial charge in [0.15, 0.2) is 0 Å². The molecule has 1 aromatic carbocycles. The molecule has 2 saturated carbocycles. The molecule has 0 radical (unpaired) electrons. The zero-order valence-electron chi connectivity index (χ0n) is 10.0. The second-order valence-electron chi connectivity index (χ2n) is 6.01. The zero-order valence-corrected chi connectivity index (χ0v) is 10.0. The quantitative estimate of drug-likeness (QED) is 0.843. The van der Waals surface area contributed by atoms with Crippen molar-refractivity contribution in [1.82, 2.24) is 5.32 Å². The summed E-state index contributed by atoms with van der Waals surface area (Å²) in [6.45, 7) is 1.14. The third-order valence-electron chi connectivity index (χ3n) is 4.94. The molecule has 2 unspecified atom stereocenters. The normalized spacial score (nSPS) is 34.1. The smallest absolute Gasteiger partial charge is 0.126 e. The van der Waals surface area contributed by atoms with Gasteiger partial charge in [-0.3, -0.25) is 0 Å². The topological polar surface area (TPSA) is 12.0 Å². The number of benzene rings is 1. The maximum atomic E-state index is 13.7. The first kappa shape index (κ1) is 10.1. The Morgan fingerprint density at radius 2 is 2.24 bits per heavy atom. The predicted octanol–water partition coefficient (Wildman–Crippen LogP) is 2.78. The summed E-state index contributed by atoms with van der Waals surface area (Å²) in [5.41, 5.74) is 2.67. The molecular formula is C15H18FN. The lowest BCUT2D eigenvalue weighted by Crippen LogP contribution is -2.22. The lowest BCUT2D eigenvalue weighted by atomic mass is 9.95. The van der Waals surface area contributed by atoms with E-state index in [1.54, 1.807) is 6.07 Å². The molecule has 4 rings (SSSR count). The van der Waals surface area contributed by atoms with Gasteiger partial charge in [0, 0.05) is 11.5 Å². The van der Waals surface area contributed by atoms with Crippen LogP contribution in [0.3, 0.4) is 0 Å². The summed E-state index contributed by atoms with van der Waals surface area (Å²) >= 11 is 0. The van der Waals surface area contributed by atoms with Gasteiger partial charge in [0.05, 0.1) is 0 Å². The Bertz CT molecular complexity index is 466. The van der Waals surface area contributed by atoms with Crippen LogP contribution in [0.2, 0.25) is 0 Å². The minimum Gasteiger partial charge on any atom is -0.314 e. The van der Waals surface area contributed by atoms with Crippen LogP contribution in [0.15, 0.2) is 18.2 Å². The van der Waals surface area contributed by atoms with Gasteiger partial charge in [0.2, 0.25) is 0 Å². The first-order chi connectivity index (χ1) is 8.29. The molecule has 0 bridgehead atoms. The summed E-state index contributed by atoms with van der Waals surface area (Å²) in [5.74, 6) is 0.770. The summed E-state index contributed by atoms with van der Waals surface area (Å²) in [5, 5.41) is 3.62. The van der Waals surface area contributed by atoms with Crippen molar-refractivity contribution < 1.29 is 4.39 Å². The van der Waals surface area contributed by atoms with E-state index >= 15 is 0 Å². The maximum absolute atomic E-state index is 13.7. The van der Waals surface area contributed by atoms with E-state index in [4.69, 9.17) is 0 Å². The number of fused-ring (bicyclic) bond motifs is 2. The van der Waals surface area contributed by atoms with Gasteiger partial charge in [-0.1, -0.05) is 12.1 Å². The Morgan fingerprint density at radius 3 is 3.06 bits per heavy atom. The van der Waals surface area contributed by atoms with Crippen LogP contribution in [-0.2, 0) is 11.8 Å². The first-order valence-corrected chi connectivity index (χ1v) is 6.81. The zero-order chi connectivity index (χ0) is 11.5. The van der Waals surface area contributed by atoms with Crippen molar-refractivity contribution in [2.45, 2.75) is 43.6 Å². The van der Waals surface area contributed by atoms with E-state index < -0.39 is 0 Å². The average molecular weight is 231 g/mol. The molecule has 0 saturated heterocycles. The SMILES string of the molecule is Fc1cccc2c1CCC21CC1CNC1CC1. The highest BCUT2D eigenvalue weighted by atomic mass is 19.1. The Kier molecular flexibility index (Phi) is 1.97. The van der Waals surface area contributed by atoms with Gasteiger partial charge >= 0.3 is 0 Å². The molecule has 1 aromatic rings. The number of hydrogen-bond donors (Lipinski definition) is 1. The van der Waals surface area contributed by atoms with Gasteiger partial charge in [-0.05, 0) is 61.8 Å². The third kappa shape index (κ3) is 1.46. The lowest BCUT2D eigenvalue weighted by molar-refractivity contribution is 0.546. The molecular weight excluding hydrogens is 213 g/mol. The molecule has 0 heterocycles. The number of hydrogen-bond acceptors (Lipinski definition) is 1. The van der Waals surface area contributed by atoms with Crippen molar-refractivity contribution in [2.75, 3.05) is 6.54 Å². The van der Waals surface area contributed by atoms with Crippen molar-refractivity contribution in [3.63, 3.8) is 0 Å². The van der Waals surface area contributed by atoms with Crippen molar-refractivity contribution in [3.8, 4) is 0 Å². The van der Waals surface area contributed by atoms with E-state index in [-0.39, 0.29) is 5.82 Å². The van der Waals surface area contributed by atoms with Gasteiger partial charge in [0.25, 0.3) is 0 Å². The maximum Gasteiger partial charge on any atom is 0.126 e. The van der Waals surface area contributed by atoms with Crippen LogP contribution in [0.4, 0.5) is 4.39 Å². The van der Waals surface area contributed by atoms with Gasteiger partial charge < -0.3 is 5.32 Å². The molecule has 1 N–H and O–H groups in total. The van der Waals surface area contributed by atoms with Crippen molar-refractivity contribution in [3.05, 3.63) is 35.1 Å². The Hall–Kier alpha value is -0.890. The standard InChI is InChI=1S/C15H18FN/c16-14-3-1-2-13-12(14)6-7-15(13)8-10(15)9-17-11-4-5-11/h1-3,10-11,17H,4-9H2. The summed E-state index contributed by atoms with van der Waals surface area (Å²) in [6.07, 6.45) is 6.08. The first-order valence-electron chi connectivity index (χ1n) is 6.81. The Balaban J connectivity index is 1.56. The average Bonchev–Trinajstić information content (AvgIpc) is 3.18. The highest BCUT2D eigenvalue weighted by Crippen LogP contribution is 2.61. The van der Waals surface area contributed by atoms with Crippen LogP contribution in [-0.4, -0.2) is 12.6 Å². The Morgan fingerprint density at radius 1 is 1.35 bits per heavy atom. The summed E-state index contributed by atoms with van der Waals surface area (Å²) in [7, 11) is 0. The molecule has 3 aliphatic carbocycles. The molecule has 90 valence electrons. The van der Waals surface area contributed by atoms with Gasteiger partial charge in [-0.2, -0.15) is 0 Å². The van der Waals surface area contributed by atoms with Gasteiger partial charge in [-0.25, -0.2) is 4.39 Å². The predicted molar refractivity (Wildman–Crippen MR) is 65.5 cm³/mol. The van der Waals surface area contributed by atoms with Gasteiger partial charge in [0.1, 0.15) is 5.82 Å². The molecule has 2 atom stereocenters. The van der Waals surface area contributed by atoms with Crippen LogP contribution in [0.5, 0.6) is 0 Å². The van der Waals surface area contributed by atoms with Crippen LogP contribution in [0, 0.1) is 11.7 Å².